The molecule has 0 aliphatic rings. The highest BCUT2D eigenvalue weighted by molar-refractivity contribution is 7.73. The molecule has 3 aromatic rings. The molecule has 0 aliphatic heterocycles. The lowest BCUT2D eigenvalue weighted by atomic mass is 10.1. The van der Waals surface area contributed by atoms with Crippen molar-refractivity contribution in [2.24, 2.45) is 0 Å². The van der Waals surface area contributed by atoms with E-state index in [4.69, 9.17) is 12.2 Å². The monoisotopic (exact) mass is 269 g/mol. The van der Waals surface area contributed by atoms with Crippen LogP contribution >= 0.6 is 23.6 Å². The average Bonchev–Trinajstić information content (AvgIpc) is 2.83. The standard InChI is InChI=1S/C15H11NS2/c17-15-16(13-9-5-2-6-10-13)14(11-18-15)12-7-3-1-4-8-12/h1-11H. The Hall–Kier alpha value is -1.71. The van der Waals surface area contributed by atoms with Crippen molar-refractivity contribution < 1.29 is 0 Å². The molecule has 0 aliphatic carbocycles. The van der Waals surface area contributed by atoms with Crippen LogP contribution in [0.25, 0.3) is 16.9 Å². The molecule has 0 saturated heterocycles. The fourth-order valence-electron chi connectivity index (χ4n) is 1.94. The molecular formula is C15H11NS2. The van der Waals surface area contributed by atoms with Crippen molar-refractivity contribution >= 4 is 23.6 Å². The zero-order valence-electron chi connectivity index (χ0n) is 9.61. The third-order valence-corrected chi connectivity index (χ3v) is 3.98. The minimum Gasteiger partial charge on any atom is -0.292 e. The van der Waals surface area contributed by atoms with Gasteiger partial charge in [0, 0.05) is 11.1 Å². The molecule has 0 radical (unpaired) electrons. The van der Waals surface area contributed by atoms with Crippen molar-refractivity contribution in [3.8, 4) is 16.9 Å². The Kier molecular flexibility index (Phi) is 3.09. The minimum atomic E-state index is 0.875. The van der Waals surface area contributed by atoms with Crippen LogP contribution < -0.4 is 0 Å². The smallest absolute Gasteiger partial charge is 0.166 e. The van der Waals surface area contributed by atoms with Crippen molar-refractivity contribution in [3.63, 3.8) is 0 Å². The summed E-state index contributed by atoms with van der Waals surface area (Å²) in [6.07, 6.45) is 0. The Morgan fingerprint density at radius 2 is 1.44 bits per heavy atom. The Morgan fingerprint density at radius 1 is 0.833 bits per heavy atom. The quantitative estimate of drug-likeness (QED) is 0.597. The highest BCUT2D eigenvalue weighted by atomic mass is 32.1. The number of rotatable bonds is 2. The van der Waals surface area contributed by atoms with E-state index in [1.165, 1.54) is 5.56 Å². The number of para-hydroxylation sites is 1. The molecule has 0 N–H and O–H groups in total. The van der Waals surface area contributed by atoms with Crippen molar-refractivity contribution in [1.82, 2.24) is 4.57 Å². The first kappa shape index (κ1) is 11.4. The second kappa shape index (κ2) is 4.88. The van der Waals surface area contributed by atoms with Crippen LogP contribution in [0.15, 0.2) is 66.0 Å². The summed E-state index contributed by atoms with van der Waals surface area (Å²) in [5.41, 5.74) is 3.45. The SMILES string of the molecule is S=c1scc(-c2ccccc2)n1-c1ccccc1. The van der Waals surface area contributed by atoms with Gasteiger partial charge >= 0.3 is 0 Å². The molecule has 1 heterocycles. The van der Waals surface area contributed by atoms with Gasteiger partial charge in [0.25, 0.3) is 0 Å². The molecule has 3 rings (SSSR count). The number of nitrogens with zero attached hydrogens (tertiary/aromatic N) is 1. The van der Waals surface area contributed by atoms with E-state index in [0.29, 0.717) is 0 Å². The summed E-state index contributed by atoms with van der Waals surface area (Å²) >= 11 is 7.03. The van der Waals surface area contributed by atoms with Crippen LogP contribution in [-0.4, -0.2) is 4.57 Å². The first-order chi connectivity index (χ1) is 8.86. The molecule has 0 fully saturated rings. The summed E-state index contributed by atoms with van der Waals surface area (Å²) in [4.78, 5) is 0. The molecule has 88 valence electrons. The zero-order valence-corrected chi connectivity index (χ0v) is 11.2. The van der Waals surface area contributed by atoms with Gasteiger partial charge in [-0.15, -0.1) is 11.3 Å². The maximum absolute atomic E-state index is 5.44. The van der Waals surface area contributed by atoms with Crippen LogP contribution in [0.2, 0.25) is 0 Å². The van der Waals surface area contributed by atoms with Gasteiger partial charge in [0.2, 0.25) is 0 Å². The molecular weight excluding hydrogens is 258 g/mol. The summed E-state index contributed by atoms with van der Waals surface area (Å²) < 4.78 is 3.00. The van der Waals surface area contributed by atoms with Gasteiger partial charge in [-0.2, -0.15) is 0 Å². The second-order valence-corrected chi connectivity index (χ2v) is 5.43. The fraction of sp³-hybridized carbons (Fsp3) is 0. The zero-order chi connectivity index (χ0) is 12.4. The summed E-state index contributed by atoms with van der Waals surface area (Å²) in [6, 6.07) is 20.6. The summed E-state index contributed by atoms with van der Waals surface area (Å²) in [6.45, 7) is 0. The molecule has 0 atom stereocenters. The first-order valence-corrected chi connectivity index (χ1v) is 6.96. The Morgan fingerprint density at radius 3 is 2.11 bits per heavy atom. The normalized spacial score (nSPS) is 10.4. The predicted molar refractivity (Wildman–Crippen MR) is 79.9 cm³/mol. The third kappa shape index (κ3) is 2.03. The van der Waals surface area contributed by atoms with Gasteiger partial charge in [-0.25, -0.2) is 0 Å². The Balaban J connectivity index is 2.23. The molecule has 3 heteroatoms. The van der Waals surface area contributed by atoms with Crippen LogP contribution in [0.5, 0.6) is 0 Å². The lowest BCUT2D eigenvalue weighted by molar-refractivity contribution is 1.08. The largest absolute Gasteiger partial charge is 0.292 e. The van der Waals surface area contributed by atoms with Crippen LogP contribution in [0.3, 0.4) is 0 Å². The van der Waals surface area contributed by atoms with E-state index in [2.05, 4.69) is 34.2 Å². The first-order valence-electron chi connectivity index (χ1n) is 5.67. The average molecular weight is 269 g/mol. The highest BCUT2D eigenvalue weighted by Gasteiger charge is 2.07. The van der Waals surface area contributed by atoms with Crippen LogP contribution in [0.1, 0.15) is 0 Å². The van der Waals surface area contributed by atoms with E-state index >= 15 is 0 Å². The van der Waals surface area contributed by atoms with E-state index in [-0.39, 0.29) is 0 Å². The highest BCUT2D eigenvalue weighted by Crippen LogP contribution is 2.27. The van der Waals surface area contributed by atoms with Crippen LogP contribution in [-0.2, 0) is 0 Å². The number of thiazole rings is 1. The molecule has 0 amide bonds. The summed E-state index contributed by atoms with van der Waals surface area (Å²) in [7, 11) is 0. The molecule has 1 aromatic heterocycles. The van der Waals surface area contributed by atoms with E-state index in [9.17, 15) is 0 Å². The predicted octanol–water partition coefficient (Wildman–Crippen LogP) is 4.94. The molecule has 2 aromatic carbocycles. The Labute approximate surface area is 115 Å². The van der Waals surface area contributed by atoms with E-state index in [1.807, 2.05) is 36.4 Å². The maximum Gasteiger partial charge on any atom is 0.166 e. The van der Waals surface area contributed by atoms with Crippen molar-refractivity contribution in [1.29, 1.82) is 0 Å². The molecule has 0 spiro atoms. The van der Waals surface area contributed by atoms with Gasteiger partial charge in [-0.3, -0.25) is 4.57 Å². The van der Waals surface area contributed by atoms with Gasteiger partial charge in [-0.1, -0.05) is 48.5 Å². The maximum atomic E-state index is 5.44. The van der Waals surface area contributed by atoms with E-state index in [1.54, 1.807) is 11.3 Å². The number of benzene rings is 2. The van der Waals surface area contributed by atoms with Crippen molar-refractivity contribution in [2.75, 3.05) is 0 Å². The minimum absolute atomic E-state index is 0.875. The molecule has 18 heavy (non-hydrogen) atoms. The van der Waals surface area contributed by atoms with Crippen molar-refractivity contribution in [2.45, 2.75) is 0 Å². The number of hydrogen-bond donors (Lipinski definition) is 0. The lowest BCUT2D eigenvalue weighted by Crippen LogP contribution is -1.95. The van der Waals surface area contributed by atoms with Crippen molar-refractivity contribution in [3.05, 3.63) is 70.0 Å². The topological polar surface area (TPSA) is 4.93 Å². The molecule has 0 unspecified atom stereocenters. The van der Waals surface area contributed by atoms with Gasteiger partial charge in [0.15, 0.2) is 3.95 Å². The molecule has 0 saturated carbocycles. The summed E-state index contributed by atoms with van der Waals surface area (Å²) in [5, 5.41) is 2.12. The number of hydrogen-bond acceptors (Lipinski definition) is 2. The van der Waals surface area contributed by atoms with Gasteiger partial charge in [0.1, 0.15) is 0 Å². The fourth-order valence-corrected chi connectivity index (χ4v) is 3.05. The van der Waals surface area contributed by atoms with Gasteiger partial charge in [0.05, 0.1) is 5.69 Å². The number of aromatic nitrogens is 1. The van der Waals surface area contributed by atoms with Gasteiger partial charge < -0.3 is 0 Å². The van der Waals surface area contributed by atoms with Crippen LogP contribution in [0, 0.1) is 3.95 Å². The van der Waals surface area contributed by atoms with Gasteiger partial charge in [-0.05, 0) is 29.9 Å². The Bertz CT molecular complexity index is 696. The summed E-state index contributed by atoms with van der Waals surface area (Å²) in [5.74, 6) is 0. The third-order valence-electron chi connectivity index (χ3n) is 2.78. The van der Waals surface area contributed by atoms with E-state index < -0.39 is 0 Å². The van der Waals surface area contributed by atoms with E-state index in [0.717, 1.165) is 15.3 Å². The molecule has 1 nitrogen and oxygen atoms in total. The van der Waals surface area contributed by atoms with Crippen LogP contribution in [0.4, 0.5) is 0 Å². The second-order valence-electron chi connectivity index (χ2n) is 3.92. The lowest BCUT2D eigenvalue weighted by Gasteiger charge is -2.08. The molecule has 0 bridgehead atoms.